The molecule has 0 radical (unpaired) electrons. The fourth-order valence-corrected chi connectivity index (χ4v) is 2.44. The van der Waals surface area contributed by atoms with Crippen LogP contribution < -0.4 is 20.7 Å². The molecule has 1 fully saturated rings. The number of carbonyl (C=O) groups is 2. The smallest absolute Gasteiger partial charge is 0.315 e. The van der Waals surface area contributed by atoms with Gasteiger partial charge in [0.05, 0.1) is 0 Å². The number of nitrogens with one attached hydrogen (secondary N) is 3. The van der Waals surface area contributed by atoms with Gasteiger partial charge in [0, 0.05) is 13.1 Å². The van der Waals surface area contributed by atoms with Crippen molar-refractivity contribution in [1.82, 2.24) is 16.0 Å². The van der Waals surface area contributed by atoms with E-state index in [2.05, 4.69) is 16.0 Å². The van der Waals surface area contributed by atoms with Crippen molar-refractivity contribution < 1.29 is 14.3 Å². The molecule has 0 saturated carbocycles. The number of carbonyl (C=O) groups excluding carboxylic acids is 2. The second kappa shape index (κ2) is 7.50. The second-order valence-corrected chi connectivity index (χ2v) is 5.55. The van der Waals surface area contributed by atoms with Gasteiger partial charge < -0.3 is 20.7 Å². The van der Waals surface area contributed by atoms with Crippen molar-refractivity contribution in [3.05, 3.63) is 65.7 Å². The van der Waals surface area contributed by atoms with Crippen molar-refractivity contribution in [2.45, 2.75) is 19.2 Å². The molecule has 0 aliphatic carbocycles. The predicted octanol–water partition coefficient (Wildman–Crippen LogP) is 1.56. The van der Waals surface area contributed by atoms with Crippen LogP contribution in [0.5, 0.6) is 5.75 Å². The molecule has 0 aromatic heterocycles. The molecule has 2 aromatic rings. The molecule has 0 spiro atoms. The Kier molecular flexibility index (Phi) is 4.96. The molecule has 0 unspecified atom stereocenters. The van der Waals surface area contributed by atoms with E-state index >= 15 is 0 Å². The van der Waals surface area contributed by atoms with E-state index in [1.54, 1.807) is 0 Å². The summed E-state index contributed by atoms with van der Waals surface area (Å²) in [7, 11) is 0. The van der Waals surface area contributed by atoms with Crippen molar-refractivity contribution in [2.24, 2.45) is 0 Å². The van der Waals surface area contributed by atoms with Crippen LogP contribution in [0, 0.1) is 0 Å². The van der Waals surface area contributed by atoms with Crippen LogP contribution in [0.2, 0.25) is 0 Å². The van der Waals surface area contributed by atoms with Gasteiger partial charge in [0.2, 0.25) is 5.91 Å². The molecule has 1 aliphatic rings. The monoisotopic (exact) mass is 325 g/mol. The molecule has 3 rings (SSSR count). The highest BCUT2D eigenvalue weighted by Crippen LogP contribution is 2.12. The molecule has 0 bridgehead atoms. The van der Waals surface area contributed by atoms with Gasteiger partial charge in [-0.1, -0.05) is 42.5 Å². The average molecular weight is 325 g/mol. The second-order valence-electron chi connectivity index (χ2n) is 5.55. The highest BCUT2D eigenvalue weighted by Gasteiger charge is 2.26. The Morgan fingerprint density at radius 1 is 1.12 bits per heavy atom. The van der Waals surface area contributed by atoms with Gasteiger partial charge in [-0.25, -0.2) is 4.79 Å². The van der Waals surface area contributed by atoms with Gasteiger partial charge in [-0.2, -0.15) is 0 Å². The lowest BCUT2D eigenvalue weighted by Crippen LogP contribution is -2.42. The van der Waals surface area contributed by atoms with Crippen molar-refractivity contribution in [3.8, 4) is 5.75 Å². The number of rotatable bonds is 6. The largest absolute Gasteiger partial charge is 0.489 e. The highest BCUT2D eigenvalue weighted by atomic mass is 16.5. The maximum absolute atomic E-state index is 12.0. The van der Waals surface area contributed by atoms with Crippen LogP contribution in [0.15, 0.2) is 54.6 Å². The molecule has 24 heavy (non-hydrogen) atoms. The Hall–Kier alpha value is -3.02. The lowest BCUT2D eigenvalue weighted by molar-refractivity contribution is -0.122. The van der Waals surface area contributed by atoms with E-state index in [9.17, 15) is 9.59 Å². The molecule has 1 heterocycles. The standard InChI is InChI=1S/C18H19N3O3/c22-17(16-11-20-18(23)21-16)19-10-13-5-4-6-14(9-13)12-24-15-7-2-1-3-8-15/h1-9,16H,10-12H2,(H,19,22)(H2,20,21,23)/t16-/m0/s1. The Morgan fingerprint density at radius 3 is 2.67 bits per heavy atom. The Balaban J connectivity index is 1.51. The van der Waals surface area contributed by atoms with E-state index in [0.29, 0.717) is 19.7 Å². The predicted molar refractivity (Wildman–Crippen MR) is 89.4 cm³/mol. The van der Waals surface area contributed by atoms with Gasteiger partial charge in [0.1, 0.15) is 18.4 Å². The summed E-state index contributed by atoms with van der Waals surface area (Å²) < 4.78 is 5.72. The van der Waals surface area contributed by atoms with Gasteiger partial charge in [-0.05, 0) is 23.3 Å². The minimum Gasteiger partial charge on any atom is -0.489 e. The Morgan fingerprint density at radius 2 is 1.92 bits per heavy atom. The van der Waals surface area contributed by atoms with E-state index in [1.165, 1.54) is 0 Å². The summed E-state index contributed by atoms with van der Waals surface area (Å²) in [5, 5.41) is 7.95. The summed E-state index contributed by atoms with van der Waals surface area (Å²) in [6, 6.07) is 16.7. The summed E-state index contributed by atoms with van der Waals surface area (Å²) in [5.41, 5.74) is 2.01. The number of ether oxygens (including phenoxy) is 1. The molecule has 2 aromatic carbocycles. The molecule has 1 saturated heterocycles. The van der Waals surface area contributed by atoms with E-state index in [0.717, 1.165) is 16.9 Å². The van der Waals surface area contributed by atoms with E-state index < -0.39 is 6.04 Å². The first-order valence-electron chi connectivity index (χ1n) is 7.78. The summed E-state index contributed by atoms with van der Waals surface area (Å²) in [4.78, 5) is 23.0. The topological polar surface area (TPSA) is 79.5 Å². The molecule has 6 heteroatoms. The van der Waals surface area contributed by atoms with Crippen LogP contribution in [0.4, 0.5) is 4.79 Å². The highest BCUT2D eigenvalue weighted by molar-refractivity contribution is 5.90. The normalized spacial score (nSPS) is 16.2. The maximum Gasteiger partial charge on any atom is 0.315 e. The van der Waals surface area contributed by atoms with Crippen LogP contribution in [-0.4, -0.2) is 24.5 Å². The number of urea groups is 1. The van der Waals surface area contributed by atoms with Crippen molar-refractivity contribution in [3.63, 3.8) is 0 Å². The third kappa shape index (κ3) is 4.25. The zero-order valence-corrected chi connectivity index (χ0v) is 13.1. The number of hydrogen-bond donors (Lipinski definition) is 3. The average Bonchev–Trinajstić information content (AvgIpc) is 3.06. The molecule has 124 valence electrons. The Labute approximate surface area is 140 Å². The lowest BCUT2D eigenvalue weighted by atomic mass is 10.1. The summed E-state index contributed by atoms with van der Waals surface area (Å²) in [6.07, 6.45) is 0. The minimum atomic E-state index is -0.512. The zero-order chi connectivity index (χ0) is 16.8. The van der Waals surface area contributed by atoms with Crippen LogP contribution in [-0.2, 0) is 17.9 Å². The van der Waals surface area contributed by atoms with Crippen molar-refractivity contribution in [2.75, 3.05) is 6.54 Å². The van der Waals surface area contributed by atoms with Crippen LogP contribution in [0.1, 0.15) is 11.1 Å². The van der Waals surface area contributed by atoms with E-state index in [4.69, 9.17) is 4.74 Å². The van der Waals surface area contributed by atoms with Crippen molar-refractivity contribution in [1.29, 1.82) is 0 Å². The van der Waals surface area contributed by atoms with Gasteiger partial charge >= 0.3 is 6.03 Å². The number of para-hydroxylation sites is 1. The Bertz CT molecular complexity index is 718. The third-order valence-electron chi connectivity index (χ3n) is 3.70. The first-order chi connectivity index (χ1) is 11.7. The molecule has 6 nitrogen and oxygen atoms in total. The first-order valence-corrected chi connectivity index (χ1v) is 7.78. The minimum absolute atomic E-state index is 0.195. The van der Waals surface area contributed by atoms with Crippen molar-refractivity contribution >= 4 is 11.9 Å². The summed E-state index contributed by atoms with van der Waals surface area (Å²) >= 11 is 0. The number of amides is 3. The van der Waals surface area contributed by atoms with E-state index in [1.807, 2.05) is 54.6 Å². The first kappa shape index (κ1) is 15.9. The number of hydrogen-bond acceptors (Lipinski definition) is 3. The van der Waals surface area contributed by atoms with Crippen LogP contribution >= 0.6 is 0 Å². The third-order valence-corrected chi connectivity index (χ3v) is 3.70. The van der Waals surface area contributed by atoms with Gasteiger partial charge in [-0.15, -0.1) is 0 Å². The number of benzene rings is 2. The maximum atomic E-state index is 12.0. The quantitative estimate of drug-likeness (QED) is 0.754. The van der Waals surface area contributed by atoms with Crippen LogP contribution in [0.25, 0.3) is 0 Å². The molecule has 3 N–H and O–H groups in total. The fraction of sp³-hybridized carbons (Fsp3) is 0.222. The van der Waals surface area contributed by atoms with Gasteiger partial charge in [0.15, 0.2) is 0 Å². The summed E-state index contributed by atoms with van der Waals surface area (Å²) in [6.45, 7) is 1.19. The van der Waals surface area contributed by atoms with E-state index in [-0.39, 0.29) is 11.9 Å². The fourth-order valence-electron chi connectivity index (χ4n) is 2.44. The van der Waals surface area contributed by atoms with Gasteiger partial charge in [-0.3, -0.25) is 4.79 Å². The molecule has 1 atom stereocenters. The molecule has 1 aliphatic heterocycles. The zero-order valence-electron chi connectivity index (χ0n) is 13.1. The SMILES string of the molecule is O=C1NC[C@@H](C(=O)NCc2cccc(COc3ccccc3)c2)N1. The summed E-state index contributed by atoms with van der Waals surface area (Å²) in [5.74, 6) is 0.625. The molecule has 3 amide bonds. The van der Waals surface area contributed by atoms with Crippen LogP contribution in [0.3, 0.4) is 0 Å². The molecular weight excluding hydrogens is 306 g/mol. The molecular formula is C18H19N3O3. The lowest BCUT2D eigenvalue weighted by Gasteiger charge is -2.11. The van der Waals surface area contributed by atoms with Gasteiger partial charge in [0.25, 0.3) is 0 Å².